The fourth-order valence-corrected chi connectivity index (χ4v) is 1.83. The first kappa shape index (κ1) is 14.0. The van der Waals surface area contributed by atoms with E-state index in [9.17, 15) is 4.39 Å². The highest BCUT2D eigenvalue weighted by atomic mass is 19.1. The van der Waals surface area contributed by atoms with E-state index < -0.39 is 24.3 Å². The lowest BCUT2D eigenvalue weighted by molar-refractivity contribution is 0.00578. The third-order valence-corrected chi connectivity index (χ3v) is 3.73. The van der Waals surface area contributed by atoms with E-state index in [1.54, 1.807) is 12.1 Å². The molecule has 0 atom stereocenters. The van der Waals surface area contributed by atoms with Gasteiger partial charge in [0.1, 0.15) is 0 Å². The van der Waals surface area contributed by atoms with Gasteiger partial charge in [-0.05, 0) is 33.8 Å². The Labute approximate surface area is 113 Å². The van der Waals surface area contributed by atoms with Crippen molar-refractivity contribution in [3.8, 4) is 12.3 Å². The van der Waals surface area contributed by atoms with Crippen molar-refractivity contribution in [1.29, 1.82) is 0 Å². The third kappa shape index (κ3) is 2.51. The highest BCUT2D eigenvalue weighted by Gasteiger charge is 2.52. The first-order valence-electron chi connectivity index (χ1n) is 6.21. The summed E-state index contributed by atoms with van der Waals surface area (Å²) in [4.78, 5) is 3.83. The van der Waals surface area contributed by atoms with Gasteiger partial charge >= 0.3 is 7.12 Å². The van der Waals surface area contributed by atoms with Crippen LogP contribution in [0.3, 0.4) is 0 Å². The van der Waals surface area contributed by atoms with Gasteiger partial charge in [-0.2, -0.15) is 4.39 Å². The zero-order valence-electron chi connectivity index (χ0n) is 11.7. The van der Waals surface area contributed by atoms with Crippen molar-refractivity contribution >= 4 is 12.6 Å². The molecule has 1 saturated heterocycles. The molecule has 1 aliphatic rings. The lowest BCUT2D eigenvalue weighted by Gasteiger charge is -2.32. The van der Waals surface area contributed by atoms with E-state index in [1.165, 1.54) is 0 Å². The third-order valence-electron chi connectivity index (χ3n) is 3.73. The first-order chi connectivity index (χ1) is 8.77. The van der Waals surface area contributed by atoms with Crippen LogP contribution in [0.25, 0.3) is 0 Å². The number of terminal acetylenes is 1. The van der Waals surface area contributed by atoms with Gasteiger partial charge in [0, 0.05) is 5.46 Å². The number of halogens is 1. The van der Waals surface area contributed by atoms with E-state index in [0.29, 0.717) is 17.6 Å². The summed E-state index contributed by atoms with van der Waals surface area (Å²) in [6, 6.07) is 3.32. The molecule has 5 heteroatoms. The lowest BCUT2D eigenvalue weighted by Crippen LogP contribution is -2.41. The van der Waals surface area contributed by atoms with Crippen LogP contribution in [0.2, 0.25) is 0 Å². The van der Waals surface area contributed by atoms with Gasteiger partial charge in [-0.1, -0.05) is 6.07 Å². The van der Waals surface area contributed by atoms with Crippen LogP contribution in [-0.2, 0) is 15.7 Å². The van der Waals surface area contributed by atoms with Crippen molar-refractivity contribution in [2.75, 3.05) is 0 Å². The second-order valence-electron chi connectivity index (χ2n) is 5.65. The summed E-state index contributed by atoms with van der Waals surface area (Å²) in [6.45, 7) is 7.69. The summed E-state index contributed by atoms with van der Waals surface area (Å²) < 4.78 is 25.6. The summed E-state index contributed by atoms with van der Waals surface area (Å²) in [5.41, 5.74) is -0.164. The SMILES string of the molecule is C#CCc1ccc(B2OC(C)(C)C(C)(C)O2)c(F)n1. The van der Waals surface area contributed by atoms with Gasteiger partial charge in [0.05, 0.1) is 23.3 Å². The van der Waals surface area contributed by atoms with E-state index in [4.69, 9.17) is 15.7 Å². The van der Waals surface area contributed by atoms with E-state index in [0.717, 1.165) is 0 Å². The molecule has 0 unspecified atom stereocenters. The highest BCUT2D eigenvalue weighted by Crippen LogP contribution is 2.36. The fourth-order valence-electron chi connectivity index (χ4n) is 1.83. The minimum Gasteiger partial charge on any atom is -0.399 e. The van der Waals surface area contributed by atoms with Crippen LogP contribution in [0, 0.1) is 18.3 Å². The average molecular weight is 261 g/mol. The Morgan fingerprint density at radius 3 is 2.32 bits per heavy atom. The molecule has 0 N–H and O–H groups in total. The predicted octanol–water partition coefficient (Wildman–Crippen LogP) is 1.70. The Morgan fingerprint density at radius 1 is 1.26 bits per heavy atom. The predicted molar refractivity (Wildman–Crippen MR) is 72.4 cm³/mol. The van der Waals surface area contributed by atoms with Gasteiger partial charge in [0.2, 0.25) is 5.95 Å². The molecule has 2 rings (SSSR count). The van der Waals surface area contributed by atoms with Crippen LogP contribution >= 0.6 is 0 Å². The van der Waals surface area contributed by atoms with Crippen LogP contribution in [0.5, 0.6) is 0 Å². The summed E-state index contributed by atoms with van der Waals surface area (Å²) in [6.07, 6.45) is 5.49. The van der Waals surface area contributed by atoms with Crippen molar-refractivity contribution in [2.45, 2.75) is 45.3 Å². The number of rotatable bonds is 2. The first-order valence-corrected chi connectivity index (χ1v) is 6.21. The molecule has 1 aliphatic heterocycles. The molecule has 0 aliphatic carbocycles. The van der Waals surface area contributed by atoms with Gasteiger partial charge in [-0.3, -0.25) is 0 Å². The Bertz CT molecular complexity index is 521. The van der Waals surface area contributed by atoms with Crippen LogP contribution in [-0.4, -0.2) is 23.3 Å². The molecule has 3 nitrogen and oxygen atoms in total. The van der Waals surface area contributed by atoms with E-state index in [2.05, 4.69) is 10.9 Å². The molecule has 2 heterocycles. The maximum absolute atomic E-state index is 14.0. The molecule has 0 spiro atoms. The quantitative estimate of drug-likeness (QED) is 0.461. The summed E-state index contributed by atoms with van der Waals surface area (Å²) in [7, 11) is -0.739. The molecular weight excluding hydrogens is 244 g/mol. The Balaban J connectivity index is 2.28. The minimum absolute atomic E-state index is 0.305. The lowest BCUT2D eigenvalue weighted by atomic mass is 9.80. The molecule has 0 aromatic carbocycles. The Hall–Kier alpha value is -1.38. The van der Waals surface area contributed by atoms with E-state index in [1.807, 2.05) is 27.7 Å². The maximum Gasteiger partial charge on any atom is 0.499 e. The van der Waals surface area contributed by atoms with Gasteiger partial charge in [-0.15, -0.1) is 12.3 Å². The zero-order chi connectivity index (χ0) is 14.3. The van der Waals surface area contributed by atoms with Crippen molar-refractivity contribution in [3.63, 3.8) is 0 Å². The van der Waals surface area contributed by atoms with Crippen molar-refractivity contribution in [1.82, 2.24) is 4.98 Å². The minimum atomic E-state index is -0.739. The summed E-state index contributed by atoms with van der Waals surface area (Å²) >= 11 is 0. The van der Waals surface area contributed by atoms with E-state index >= 15 is 0 Å². The number of hydrogen-bond acceptors (Lipinski definition) is 3. The van der Waals surface area contributed by atoms with Crippen molar-refractivity contribution < 1.29 is 13.7 Å². The number of nitrogens with zero attached hydrogens (tertiary/aromatic N) is 1. The molecule has 0 amide bonds. The Kier molecular flexibility index (Phi) is 3.42. The topological polar surface area (TPSA) is 31.4 Å². The number of hydrogen-bond donors (Lipinski definition) is 0. The molecule has 100 valence electrons. The largest absolute Gasteiger partial charge is 0.499 e. The molecule has 19 heavy (non-hydrogen) atoms. The number of aromatic nitrogens is 1. The normalized spacial score (nSPS) is 20.3. The van der Waals surface area contributed by atoms with Crippen molar-refractivity contribution in [2.24, 2.45) is 0 Å². The zero-order valence-corrected chi connectivity index (χ0v) is 11.7. The molecule has 1 aromatic heterocycles. The smallest absolute Gasteiger partial charge is 0.399 e. The second kappa shape index (κ2) is 4.62. The fraction of sp³-hybridized carbons (Fsp3) is 0.500. The van der Waals surface area contributed by atoms with Crippen LogP contribution in [0.15, 0.2) is 12.1 Å². The molecule has 1 fully saturated rings. The van der Waals surface area contributed by atoms with Gasteiger partial charge in [0.25, 0.3) is 0 Å². The Morgan fingerprint density at radius 2 is 1.84 bits per heavy atom. The molecule has 1 aromatic rings. The molecule has 0 bridgehead atoms. The van der Waals surface area contributed by atoms with Crippen LogP contribution < -0.4 is 5.46 Å². The molecule has 0 radical (unpaired) electrons. The monoisotopic (exact) mass is 261 g/mol. The molecular formula is C14H17BFNO2. The average Bonchev–Trinajstić information content (AvgIpc) is 2.48. The summed E-state index contributed by atoms with van der Waals surface area (Å²) in [5.74, 6) is 1.84. The van der Waals surface area contributed by atoms with Crippen LogP contribution in [0.4, 0.5) is 4.39 Å². The molecule has 0 saturated carbocycles. The van der Waals surface area contributed by atoms with Gasteiger partial charge in [-0.25, -0.2) is 4.98 Å². The highest BCUT2D eigenvalue weighted by molar-refractivity contribution is 6.62. The maximum atomic E-state index is 14.0. The van der Waals surface area contributed by atoms with Gasteiger partial charge in [0.15, 0.2) is 0 Å². The second-order valence-corrected chi connectivity index (χ2v) is 5.65. The standard InChI is InChI=1S/C14H17BFNO2/c1-6-7-10-8-9-11(12(16)17-10)15-18-13(2,3)14(4,5)19-15/h1,8-9H,7H2,2-5H3. The number of pyridine rings is 1. The van der Waals surface area contributed by atoms with Crippen molar-refractivity contribution in [3.05, 3.63) is 23.8 Å². The van der Waals surface area contributed by atoms with Crippen LogP contribution in [0.1, 0.15) is 33.4 Å². The summed E-state index contributed by atoms with van der Waals surface area (Å²) in [5, 5.41) is 0. The van der Waals surface area contributed by atoms with Gasteiger partial charge < -0.3 is 9.31 Å². The van der Waals surface area contributed by atoms with E-state index in [-0.39, 0.29) is 0 Å².